The maximum atomic E-state index is 13.2. The number of carbonyl (C=O) groups is 2. The van der Waals surface area contributed by atoms with Crippen LogP contribution in [0.15, 0.2) is 54.6 Å². The molecule has 2 amide bonds. The van der Waals surface area contributed by atoms with Gasteiger partial charge >= 0.3 is 0 Å². The van der Waals surface area contributed by atoms with Gasteiger partial charge in [-0.1, -0.05) is 30.3 Å². The quantitative estimate of drug-likeness (QED) is 0.807. The Morgan fingerprint density at radius 1 is 1.21 bits per heavy atom. The van der Waals surface area contributed by atoms with Crippen LogP contribution in [0.3, 0.4) is 0 Å². The summed E-state index contributed by atoms with van der Waals surface area (Å²) in [5.74, 6) is -1.11. The van der Waals surface area contributed by atoms with Crippen LogP contribution in [-0.4, -0.2) is 53.7 Å². The van der Waals surface area contributed by atoms with E-state index in [4.69, 9.17) is 4.74 Å². The van der Waals surface area contributed by atoms with Crippen LogP contribution in [0, 0.1) is 5.82 Å². The largest absolute Gasteiger partial charge is 0.388 e. The Balaban J connectivity index is 1.97. The number of rotatable bonds is 5. The number of methoxy groups -OCH3 is 1. The molecule has 0 saturated carbocycles. The molecule has 0 aliphatic carbocycles. The summed E-state index contributed by atoms with van der Waals surface area (Å²) in [6.07, 6.45) is 0.292. The lowest BCUT2D eigenvalue weighted by atomic mass is 9.79. The minimum atomic E-state index is -1.25. The van der Waals surface area contributed by atoms with Crippen LogP contribution in [-0.2, 0) is 9.53 Å². The molecule has 1 aliphatic heterocycles. The fraction of sp³-hybridized carbons (Fsp3) is 0.364. The Labute approximate surface area is 169 Å². The highest BCUT2D eigenvalue weighted by Crippen LogP contribution is 2.37. The summed E-state index contributed by atoms with van der Waals surface area (Å²) >= 11 is 0. The van der Waals surface area contributed by atoms with Gasteiger partial charge in [-0.3, -0.25) is 9.59 Å². The molecule has 3 atom stereocenters. The Kier molecular flexibility index (Phi) is 6.30. The zero-order valence-electron chi connectivity index (χ0n) is 16.5. The van der Waals surface area contributed by atoms with Crippen LogP contribution in [0.5, 0.6) is 0 Å². The monoisotopic (exact) mass is 400 g/mol. The minimum absolute atomic E-state index is 0.0931. The molecule has 0 radical (unpaired) electrons. The van der Waals surface area contributed by atoms with Crippen molar-refractivity contribution in [3.05, 3.63) is 71.5 Å². The van der Waals surface area contributed by atoms with E-state index in [0.717, 1.165) is 5.56 Å². The van der Waals surface area contributed by atoms with Crippen molar-refractivity contribution in [1.29, 1.82) is 0 Å². The summed E-state index contributed by atoms with van der Waals surface area (Å²) in [6.45, 7) is 1.89. The third-order valence-corrected chi connectivity index (χ3v) is 5.30. The van der Waals surface area contributed by atoms with Crippen molar-refractivity contribution in [3.8, 4) is 0 Å². The lowest BCUT2D eigenvalue weighted by Gasteiger charge is -2.49. The molecule has 0 spiro atoms. The van der Waals surface area contributed by atoms with Gasteiger partial charge < -0.3 is 20.1 Å². The first-order valence-electron chi connectivity index (χ1n) is 9.45. The third-order valence-electron chi connectivity index (χ3n) is 5.30. The number of amides is 2. The molecule has 1 saturated heterocycles. The first kappa shape index (κ1) is 21.0. The number of nitrogens with zero attached hydrogens (tertiary/aromatic N) is 1. The van der Waals surface area contributed by atoms with Gasteiger partial charge in [-0.05, 0) is 43.2 Å². The Morgan fingerprint density at radius 3 is 2.48 bits per heavy atom. The highest BCUT2D eigenvalue weighted by atomic mass is 19.1. The van der Waals surface area contributed by atoms with E-state index < -0.39 is 29.4 Å². The molecule has 2 aromatic rings. The standard InChI is InChI=1S/C22H25FN2O4/c1-22(28)12-13-25(18(26)14-29-2)19(15-6-4-3-5-7-15)20(22)24-21(27)16-8-10-17(23)11-9-16/h3-11,19-20,28H,12-14H2,1-2H3,(H,24,27)/t19-,20-,22+/m0/s1. The molecule has 7 heteroatoms. The zero-order chi connectivity index (χ0) is 21.0. The number of ether oxygens (including phenoxy) is 1. The number of hydrogen-bond acceptors (Lipinski definition) is 4. The van der Waals surface area contributed by atoms with Crippen LogP contribution in [0.25, 0.3) is 0 Å². The molecule has 1 aliphatic rings. The van der Waals surface area contributed by atoms with E-state index in [-0.39, 0.29) is 18.1 Å². The first-order valence-corrected chi connectivity index (χ1v) is 9.45. The highest BCUT2D eigenvalue weighted by Gasteiger charge is 2.47. The third kappa shape index (κ3) is 4.63. The van der Waals surface area contributed by atoms with E-state index in [2.05, 4.69) is 5.32 Å². The van der Waals surface area contributed by atoms with E-state index in [1.54, 1.807) is 11.8 Å². The number of likely N-dealkylation sites (tertiary alicyclic amines) is 1. The second-order valence-electron chi connectivity index (χ2n) is 7.44. The smallest absolute Gasteiger partial charge is 0.251 e. The molecule has 2 aromatic carbocycles. The maximum absolute atomic E-state index is 13.2. The van der Waals surface area contributed by atoms with Crippen molar-refractivity contribution in [2.45, 2.75) is 31.0 Å². The highest BCUT2D eigenvalue weighted by molar-refractivity contribution is 5.94. The lowest BCUT2D eigenvalue weighted by molar-refractivity contribution is -0.146. The Morgan fingerprint density at radius 2 is 1.86 bits per heavy atom. The molecule has 29 heavy (non-hydrogen) atoms. The van der Waals surface area contributed by atoms with E-state index >= 15 is 0 Å². The van der Waals surface area contributed by atoms with Gasteiger partial charge in [0, 0.05) is 19.2 Å². The summed E-state index contributed by atoms with van der Waals surface area (Å²) in [5.41, 5.74) is -0.184. The number of carbonyl (C=O) groups excluding carboxylic acids is 2. The molecule has 0 unspecified atom stereocenters. The average Bonchev–Trinajstić information content (AvgIpc) is 2.70. The van der Waals surface area contributed by atoms with Crippen LogP contribution < -0.4 is 5.32 Å². The topological polar surface area (TPSA) is 78.9 Å². The van der Waals surface area contributed by atoms with E-state index in [1.165, 1.54) is 31.4 Å². The number of hydrogen-bond donors (Lipinski definition) is 2. The van der Waals surface area contributed by atoms with Gasteiger partial charge in [0.25, 0.3) is 5.91 Å². The van der Waals surface area contributed by atoms with E-state index in [1.807, 2.05) is 30.3 Å². The van der Waals surface area contributed by atoms with Gasteiger partial charge in [0.1, 0.15) is 12.4 Å². The summed E-state index contributed by atoms with van der Waals surface area (Å²) in [5, 5.41) is 14.0. The first-order chi connectivity index (χ1) is 13.8. The van der Waals surface area contributed by atoms with Crippen molar-refractivity contribution in [1.82, 2.24) is 10.2 Å². The van der Waals surface area contributed by atoms with Crippen molar-refractivity contribution in [2.75, 3.05) is 20.3 Å². The summed E-state index contributed by atoms with van der Waals surface area (Å²) in [4.78, 5) is 27.1. The average molecular weight is 400 g/mol. The second-order valence-corrected chi connectivity index (χ2v) is 7.44. The molecule has 1 heterocycles. The summed E-state index contributed by atoms with van der Waals surface area (Å²) < 4.78 is 18.2. The second kappa shape index (κ2) is 8.71. The Bertz CT molecular complexity index is 855. The summed E-state index contributed by atoms with van der Waals surface area (Å²) in [6, 6.07) is 13.1. The molecule has 3 rings (SSSR count). The fourth-order valence-corrected chi connectivity index (χ4v) is 3.73. The Hall–Kier alpha value is -2.77. The number of nitrogens with one attached hydrogen (secondary N) is 1. The fourth-order valence-electron chi connectivity index (χ4n) is 3.73. The van der Waals surface area contributed by atoms with Crippen LogP contribution >= 0.6 is 0 Å². The molecule has 0 bridgehead atoms. The van der Waals surface area contributed by atoms with Gasteiger partial charge in [-0.2, -0.15) is 0 Å². The number of halogens is 1. The van der Waals surface area contributed by atoms with Gasteiger partial charge in [0.15, 0.2) is 0 Å². The van der Waals surface area contributed by atoms with Gasteiger partial charge in [-0.15, -0.1) is 0 Å². The van der Waals surface area contributed by atoms with Gasteiger partial charge in [0.05, 0.1) is 17.7 Å². The molecule has 1 fully saturated rings. The molecular formula is C22H25FN2O4. The molecule has 2 N–H and O–H groups in total. The van der Waals surface area contributed by atoms with Gasteiger partial charge in [-0.25, -0.2) is 4.39 Å². The molecule has 154 valence electrons. The predicted octanol–water partition coefficient (Wildman–Crippen LogP) is 2.30. The van der Waals surface area contributed by atoms with Crippen molar-refractivity contribution in [2.24, 2.45) is 0 Å². The number of benzene rings is 2. The minimum Gasteiger partial charge on any atom is -0.388 e. The van der Waals surface area contributed by atoms with Crippen LogP contribution in [0.2, 0.25) is 0 Å². The lowest BCUT2D eigenvalue weighted by Crippen LogP contribution is -2.63. The van der Waals surface area contributed by atoms with Crippen molar-refractivity contribution >= 4 is 11.8 Å². The number of piperidine rings is 1. The summed E-state index contributed by atoms with van der Waals surface area (Å²) in [7, 11) is 1.45. The normalized spacial score (nSPS) is 24.2. The van der Waals surface area contributed by atoms with Crippen LogP contribution in [0.4, 0.5) is 4.39 Å². The van der Waals surface area contributed by atoms with E-state index in [0.29, 0.717) is 13.0 Å². The molecule has 6 nitrogen and oxygen atoms in total. The zero-order valence-corrected chi connectivity index (χ0v) is 16.5. The maximum Gasteiger partial charge on any atom is 0.251 e. The molecule has 0 aromatic heterocycles. The van der Waals surface area contributed by atoms with Crippen LogP contribution in [0.1, 0.15) is 35.3 Å². The van der Waals surface area contributed by atoms with Gasteiger partial charge in [0.2, 0.25) is 5.91 Å². The predicted molar refractivity (Wildman–Crippen MR) is 106 cm³/mol. The van der Waals surface area contributed by atoms with Crippen molar-refractivity contribution < 1.29 is 23.8 Å². The molecular weight excluding hydrogens is 375 g/mol. The number of aliphatic hydroxyl groups is 1. The SMILES string of the molecule is COCC(=O)N1CC[C@@](C)(O)[C@@H](NC(=O)c2ccc(F)cc2)[C@@H]1c1ccccc1. The van der Waals surface area contributed by atoms with E-state index in [9.17, 15) is 19.1 Å². The van der Waals surface area contributed by atoms with Crippen molar-refractivity contribution in [3.63, 3.8) is 0 Å².